The first kappa shape index (κ1) is 12.9. The molecule has 2 aromatic rings. The normalized spacial score (nSPS) is 13.8. The van der Waals surface area contributed by atoms with Gasteiger partial charge in [0.15, 0.2) is 5.78 Å². The second-order valence-corrected chi connectivity index (χ2v) is 5.68. The minimum absolute atomic E-state index is 0.0350. The molecule has 4 nitrogen and oxygen atoms in total. The van der Waals surface area contributed by atoms with Crippen LogP contribution in [0.1, 0.15) is 22.3 Å². The molecule has 1 aliphatic rings. The van der Waals surface area contributed by atoms with Gasteiger partial charge in [-0.05, 0) is 30.7 Å². The van der Waals surface area contributed by atoms with Crippen LogP contribution in [0.15, 0.2) is 51.4 Å². The number of aliphatic imine (C=N–C) groups is 1. The largest absolute Gasteiger partial charge is 0.387 e. The third-order valence-electron chi connectivity index (χ3n) is 3.09. The minimum Gasteiger partial charge on any atom is -0.387 e. The van der Waals surface area contributed by atoms with E-state index in [-0.39, 0.29) is 12.2 Å². The smallest absolute Gasteiger partial charge is 0.173 e. The molecule has 2 heterocycles. The molecule has 2 N–H and O–H groups in total. The van der Waals surface area contributed by atoms with Crippen LogP contribution in [0.3, 0.4) is 0 Å². The van der Waals surface area contributed by atoms with Crippen molar-refractivity contribution < 1.29 is 4.79 Å². The number of carbonyl (C=O) groups is 1. The van der Waals surface area contributed by atoms with Crippen molar-refractivity contribution in [2.75, 3.05) is 0 Å². The zero-order valence-corrected chi connectivity index (χ0v) is 11.8. The molecule has 0 unspecified atom stereocenters. The summed E-state index contributed by atoms with van der Waals surface area (Å²) in [4.78, 5) is 22.6. The zero-order chi connectivity index (χ0) is 14.1. The molecule has 0 amide bonds. The molecule has 5 heteroatoms. The first-order valence-corrected chi connectivity index (χ1v) is 7.04. The first-order chi connectivity index (χ1) is 9.65. The first-order valence-electron chi connectivity index (χ1n) is 6.23. The summed E-state index contributed by atoms with van der Waals surface area (Å²) in [7, 11) is 0. The Balaban J connectivity index is 2.12. The van der Waals surface area contributed by atoms with Crippen LogP contribution in [0.4, 0.5) is 5.69 Å². The van der Waals surface area contributed by atoms with Crippen LogP contribution >= 0.6 is 11.8 Å². The number of nitrogens with two attached hydrogens (primary N) is 1. The molecule has 0 aliphatic carbocycles. The number of Topliss-reactive ketones (excluding diaryl/α,β-unsaturated/α-hetero) is 1. The van der Waals surface area contributed by atoms with E-state index >= 15 is 0 Å². The predicted octanol–water partition coefficient (Wildman–Crippen LogP) is 3.12. The fraction of sp³-hybridized carbons (Fsp3) is 0.133. The van der Waals surface area contributed by atoms with Gasteiger partial charge >= 0.3 is 0 Å². The number of fused-ring (bicyclic) bond motifs is 1. The molecule has 0 saturated heterocycles. The van der Waals surface area contributed by atoms with E-state index in [4.69, 9.17) is 5.73 Å². The Morgan fingerprint density at radius 3 is 2.70 bits per heavy atom. The number of nitrogens with zero attached hydrogens (tertiary/aromatic N) is 2. The van der Waals surface area contributed by atoms with Crippen LogP contribution in [0.5, 0.6) is 0 Å². The van der Waals surface area contributed by atoms with Crippen LogP contribution in [-0.4, -0.2) is 16.6 Å². The van der Waals surface area contributed by atoms with Crippen molar-refractivity contribution in [1.29, 1.82) is 0 Å². The molecule has 0 saturated carbocycles. The van der Waals surface area contributed by atoms with Crippen LogP contribution < -0.4 is 5.73 Å². The van der Waals surface area contributed by atoms with E-state index in [1.54, 1.807) is 24.2 Å². The molecule has 0 bridgehead atoms. The Labute approximate surface area is 121 Å². The Hall–Kier alpha value is -2.14. The number of rotatable bonds is 2. The molecule has 20 heavy (non-hydrogen) atoms. The Bertz CT molecular complexity index is 711. The fourth-order valence-electron chi connectivity index (χ4n) is 2.14. The van der Waals surface area contributed by atoms with Gasteiger partial charge in [0.05, 0.1) is 17.7 Å². The maximum absolute atomic E-state index is 12.3. The maximum atomic E-state index is 12.3. The van der Waals surface area contributed by atoms with Crippen LogP contribution in [0, 0.1) is 6.92 Å². The van der Waals surface area contributed by atoms with Gasteiger partial charge in [-0.1, -0.05) is 17.8 Å². The lowest BCUT2D eigenvalue weighted by atomic mass is 10.0. The lowest BCUT2D eigenvalue weighted by Gasteiger charge is -2.17. The highest BCUT2D eigenvalue weighted by atomic mass is 32.2. The Kier molecular flexibility index (Phi) is 3.28. The van der Waals surface area contributed by atoms with Gasteiger partial charge in [-0.3, -0.25) is 9.78 Å². The molecule has 1 aromatic carbocycles. The number of aromatic nitrogens is 1. The van der Waals surface area contributed by atoms with Crippen LogP contribution in [-0.2, 0) is 0 Å². The molecule has 0 fully saturated rings. The average Bonchev–Trinajstić information content (AvgIpc) is 2.43. The maximum Gasteiger partial charge on any atom is 0.173 e. The average molecular weight is 283 g/mol. The summed E-state index contributed by atoms with van der Waals surface area (Å²) < 4.78 is 0. The number of amidine groups is 1. The van der Waals surface area contributed by atoms with Gasteiger partial charge in [0.1, 0.15) is 5.84 Å². The van der Waals surface area contributed by atoms with E-state index in [1.807, 2.05) is 31.2 Å². The molecule has 100 valence electrons. The van der Waals surface area contributed by atoms with Crippen molar-refractivity contribution in [2.45, 2.75) is 23.1 Å². The van der Waals surface area contributed by atoms with Crippen molar-refractivity contribution in [2.24, 2.45) is 10.7 Å². The predicted molar refractivity (Wildman–Crippen MR) is 79.8 cm³/mol. The fourth-order valence-corrected chi connectivity index (χ4v) is 3.18. The molecule has 0 spiro atoms. The highest BCUT2D eigenvalue weighted by Crippen LogP contribution is 2.39. The monoisotopic (exact) mass is 283 g/mol. The topological polar surface area (TPSA) is 68.3 Å². The number of benzene rings is 1. The molecular weight excluding hydrogens is 270 g/mol. The number of pyridine rings is 1. The summed E-state index contributed by atoms with van der Waals surface area (Å²) in [5.41, 5.74) is 8.11. The number of aryl methyl sites for hydroxylation is 1. The van der Waals surface area contributed by atoms with E-state index in [9.17, 15) is 4.79 Å². The second-order valence-electron chi connectivity index (χ2n) is 4.59. The summed E-state index contributed by atoms with van der Waals surface area (Å²) in [5.74, 6) is 0.416. The van der Waals surface area contributed by atoms with Crippen molar-refractivity contribution in [3.8, 4) is 0 Å². The summed E-state index contributed by atoms with van der Waals surface area (Å²) in [5, 5.41) is 0. The molecule has 0 atom stereocenters. The van der Waals surface area contributed by atoms with Crippen molar-refractivity contribution in [1.82, 2.24) is 4.98 Å². The van der Waals surface area contributed by atoms with E-state index in [1.165, 1.54) is 0 Å². The molecule has 1 aromatic heterocycles. The second kappa shape index (κ2) is 5.09. The summed E-state index contributed by atoms with van der Waals surface area (Å²) in [6, 6.07) is 7.67. The van der Waals surface area contributed by atoms with Gasteiger partial charge in [-0.2, -0.15) is 0 Å². The number of hydrogen-bond acceptors (Lipinski definition) is 5. The van der Waals surface area contributed by atoms with Gasteiger partial charge in [0.2, 0.25) is 0 Å². The summed E-state index contributed by atoms with van der Waals surface area (Å²) in [6.07, 6.45) is 3.68. The van der Waals surface area contributed by atoms with Crippen LogP contribution in [0.2, 0.25) is 0 Å². The van der Waals surface area contributed by atoms with Crippen molar-refractivity contribution in [3.05, 3.63) is 47.8 Å². The van der Waals surface area contributed by atoms with Gasteiger partial charge in [-0.25, -0.2) is 4.99 Å². The SMILES string of the molecule is Cc1ccc2c(c1Sc1ccncc1)C(=O)CC(N)=N2. The lowest BCUT2D eigenvalue weighted by molar-refractivity contribution is 0.0996. The quantitative estimate of drug-likeness (QED) is 0.919. The number of hydrogen-bond donors (Lipinski definition) is 1. The van der Waals surface area contributed by atoms with Crippen molar-refractivity contribution in [3.63, 3.8) is 0 Å². The number of ketones is 1. The Morgan fingerprint density at radius 1 is 1.20 bits per heavy atom. The number of carbonyl (C=O) groups excluding carboxylic acids is 1. The minimum atomic E-state index is 0.0350. The van der Waals surface area contributed by atoms with E-state index in [2.05, 4.69) is 9.98 Å². The summed E-state index contributed by atoms with van der Waals surface area (Å²) in [6.45, 7) is 2.00. The van der Waals surface area contributed by atoms with Crippen molar-refractivity contribution >= 4 is 29.1 Å². The standard InChI is InChI=1S/C15H13N3OS/c1-9-2-3-11-14(12(19)8-13(16)18-11)15(9)20-10-4-6-17-7-5-10/h2-7H,8H2,1H3,(H2,16,18). The van der Waals surface area contributed by atoms with Gasteiger partial charge in [-0.15, -0.1) is 0 Å². The van der Waals surface area contributed by atoms with E-state index in [0.29, 0.717) is 17.1 Å². The molecule has 3 rings (SSSR count). The highest BCUT2D eigenvalue weighted by Gasteiger charge is 2.23. The summed E-state index contributed by atoms with van der Waals surface area (Å²) >= 11 is 1.56. The van der Waals surface area contributed by atoms with Gasteiger partial charge < -0.3 is 5.73 Å². The van der Waals surface area contributed by atoms with Crippen LogP contribution in [0.25, 0.3) is 0 Å². The third kappa shape index (κ3) is 2.32. The lowest BCUT2D eigenvalue weighted by Crippen LogP contribution is -2.21. The zero-order valence-electron chi connectivity index (χ0n) is 11.0. The molecular formula is C15H13N3OS. The van der Waals surface area contributed by atoms with Gasteiger partial charge in [0, 0.05) is 22.2 Å². The Morgan fingerprint density at radius 2 is 1.95 bits per heavy atom. The highest BCUT2D eigenvalue weighted by molar-refractivity contribution is 7.99. The molecule has 0 radical (unpaired) electrons. The van der Waals surface area contributed by atoms with E-state index < -0.39 is 0 Å². The van der Waals surface area contributed by atoms with Gasteiger partial charge in [0.25, 0.3) is 0 Å². The third-order valence-corrected chi connectivity index (χ3v) is 4.32. The molecule has 1 aliphatic heterocycles. The van der Waals surface area contributed by atoms with E-state index in [0.717, 1.165) is 15.4 Å².